The minimum atomic E-state index is -0.0477. The summed E-state index contributed by atoms with van der Waals surface area (Å²) in [6.45, 7) is 0. The van der Waals surface area contributed by atoms with Crippen LogP contribution in [-0.4, -0.2) is 4.98 Å². The van der Waals surface area contributed by atoms with Gasteiger partial charge in [-0.15, -0.1) is 0 Å². The summed E-state index contributed by atoms with van der Waals surface area (Å²) in [5.74, 6) is 0.884. The molecule has 104 valence electrons. The molecule has 2 N–H and O–H groups in total. The lowest BCUT2D eigenvalue weighted by Gasteiger charge is -2.30. The molecule has 3 nitrogen and oxygen atoms in total. The molecule has 0 aliphatic carbocycles. The van der Waals surface area contributed by atoms with Crippen molar-refractivity contribution in [3.05, 3.63) is 72.1 Å². The van der Waals surface area contributed by atoms with Gasteiger partial charge in [0.25, 0.3) is 0 Å². The number of benzene rings is 2. The molecule has 3 aromatic rings. The van der Waals surface area contributed by atoms with E-state index in [0.29, 0.717) is 0 Å². The molecule has 1 aliphatic heterocycles. The van der Waals surface area contributed by atoms with Crippen LogP contribution in [0.2, 0.25) is 0 Å². The molecular weight excluding hydrogens is 260 g/mol. The Balaban J connectivity index is 1.81. The van der Waals surface area contributed by atoms with Gasteiger partial charge >= 0.3 is 0 Å². The van der Waals surface area contributed by atoms with Crippen molar-refractivity contribution in [1.82, 2.24) is 4.98 Å². The van der Waals surface area contributed by atoms with Gasteiger partial charge in [-0.1, -0.05) is 42.5 Å². The van der Waals surface area contributed by atoms with Crippen LogP contribution in [0.4, 0.5) is 0 Å². The van der Waals surface area contributed by atoms with Crippen LogP contribution >= 0.6 is 0 Å². The Hall–Kier alpha value is -2.39. The molecule has 0 saturated carbocycles. The second-order valence-corrected chi connectivity index (χ2v) is 5.44. The van der Waals surface area contributed by atoms with Crippen molar-refractivity contribution >= 4 is 10.8 Å². The van der Waals surface area contributed by atoms with Crippen LogP contribution in [0.15, 0.2) is 60.9 Å². The smallest absolute Gasteiger partial charge is 0.128 e. The molecule has 2 aromatic carbocycles. The van der Waals surface area contributed by atoms with E-state index in [-0.39, 0.29) is 12.1 Å². The lowest BCUT2D eigenvalue weighted by Crippen LogP contribution is -2.24. The van der Waals surface area contributed by atoms with Crippen LogP contribution in [0.5, 0.6) is 5.75 Å². The van der Waals surface area contributed by atoms with Crippen molar-refractivity contribution in [2.45, 2.75) is 18.6 Å². The van der Waals surface area contributed by atoms with Gasteiger partial charge < -0.3 is 10.5 Å². The Kier molecular flexibility index (Phi) is 2.86. The highest BCUT2D eigenvalue weighted by molar-refractivity contribution is 5.85. The van der Waals surface area contributed by atoms with Gasteiger partial charge in [-0.3, -0.25) is 4.98 Å². The Morgan fingerprint density at radius 2 is 1.76 bits per heavy atom. The first-order chi connectivity index (χ1) is 10.3. The van der Waals surface area contributed by atoms with Gasteiger partial charge in [-0.05, 0) is 11.5 Å². The number of pyridine rings is 1. The van der Waals surface area contributed by atoms with Crippen molar-refractivity contribution in [3.63, 3.8) is 0 Å². The molecule has 1 aromatic heterocycles. The Bertz CT molecular complexity index is 795. The fraction of sp³-hybridized carbons (Fsp3) is 0.167. The molecule has 0 radical (unpaired) electrons. The average Bonchev–Trinajstić information content (AvgIpc) is 2.54. The first kappa shape index (κ1) is 12.4. The van der Waals surface area contributed by atoms with Gasteiger partial charge in [-0.25, -0.2) is 0 Å². The van der Waals surface area contributed by atoms with Crippen LogP contribution in [0.1, 0.15) is 29.7 Å². The number of nitrogens with two attached hydrogens (primary N) is 1. The van der Waals surface area contributed by atoms with Gasteiger partial charge in [0, 0.05) is 41.4 Å². The third-order valence-electron chi connectivity index (χ3n) is 4.10. The van der Waals surface area contributed by atoms with Crippen LogP contribution < -0.4 is 10.5 Å². The molecule has 2 heterocycles. The molecule has 3 heteroatoms. The SMILES string of the molecule is NC1CC(c2cncc3ccccc23)Oc2ccccc21. The number of fused-ring (bicyclic) bond motifs is 2. The van der Waals surface area contributed by atoms with Gasteiger partial charge in [0.1, 0.15) is 11.9 Å². The molecule has 0 amide bonds. The van der Waals surface area contributed by atoms with Crippen molar-refractivity contribution in [2.24, 2.45) is 5.73 Å². The molecule has 0 bridgehead atoms. The Labute approximate surface area is 123 Å². The number of rotatable bonds is 1. The maximum Gasteiger partial charge on any atom is 0.128 e. The zero-order valence-electron chi connectivity index (χ0n) is 11.6. The molecule has 2 atom stereocenters. The molecule has 2 unspecified atom stereocenters. The molecular formula is C18H16N2O. The van der Waals surface area contributed by atoms with Crippen molar-refractivity contribution < 1.29 is 4.74 Å². The van der Waals surface area contributed by atoms with Crippen LogP contribution in [0, 0.1) is 0 Å². The highest BCUT2D eigenvalue weighted by Gasteiger charge is 2.27. The summed E-state index contributed by atoms with van der Waals surface area (Å²) in [5, 5.41) is 2.31. The lowest BCUT2D eigenvalue weighted by molar-refractivity contribution is 0.162. The second kappa shape index (κ2) is 4.86. The highest BCUT2D eigenvalue weighted by Crippen LogP contribution is 2.40. The summed E-state index contributed by atoms with van der Waals surface area (Å²) < 4.78 is 6.18. The number of para-hydroxylation sites is 1. The summed E-state index contributed by atoms with van der Waals surface area (Å²) in [5.41, 5.74) is 8.51. The van der Waals surface area contributed by atoms with Gasteiger partial charge in [0.15, 0.2) is 0 Å². The minimum absolute atomic E-state index is 0.00100. The van der Waals surface area contributed by atoms with E-state index in [0.717, 1.165) is 28.7 Å². The Morgan fingerprint density at radius 3 is 2.71 bits per heavy atom. The fourth-order valence-corrected chi connectivity index (χ4v) is 3.04. The number of nitrogens with zero attached hydrogens (tertiary/aromatic N) is 1. The predicted molar refractivity (Wildman–Crippen MR) is 83.1 cm³/mol. The van der Waals surface area contributed by atoms with E-state index in [1.807, 2.05) is 48.8 Å². The minimum Gasteiger partial charge on any atom is -0.485 e. The van der Waals surface area contributed by atoms with Crippen molar-refractivity contribution in [3.8, 4) is 5.75 Å². The maximum absolute atomic E-state index is 6.32. The van der Waals surface area contributed by atoms with E-state index < -0.39 is 0 Å². The lowest BCUT2D eigenvalue weighted by atomic mass is 9.92. The van der Waals surface area contributed by atoms with E-state index in [2.05, 4.69) is 17.1 Å². The van der Waals surface area contributed by atoms with Crippen LogP contribution in [0.3, 0.4) is 0 Å². The van der Waals surface area contributed by atoms with Crippen molar-refractivity contribution in [2.75, 3.05) is 0 Å². The Morgan fingerprint density at radius 1 is 0.952 bits per heavy atom. The first-order valence-electron chi connectivity index (χ1n) is 7.17. The third kappa shape index (κ3) is 2.06. The number of ether oxygens (including phenoxy) is 1. The topological polar surface area (TPSA) is 48.1 Å². The number of hydrogen-bond acceptors (Lipinski definition) is 3. The summed E-state index contributed by atoms with van der Waals surface area (Å²) in [6, 6.07) is 16.3. The van der Waals surface area contributed by atoms with E-state index in [1.54, 1.807) is 0 Å². The number of hydrogen-bond donors (Lipinski definition) is 1. The summed E-state index contributed by atoms with van der Waals surface area (Å²) in [6.07, 6.45) is 4.50. The maximum atomic E-state index is 6.32. The predicted octanol–water partition coefficient (Wildman–Crippen LogP) is 3.76. The molecule has 0 fully saturated rings. The molecule has 0 saturated heterocycles. The van der Waals surface area contributed by atoms with Crippen LogP contribution in [-0.2, 0) is 0 Å². The second-order valence-electron chi connectivity index (χ2n) is 5.44. The van der Waals surface area contributed by atoms with Crippen molar-refractivity contribution in [1.29, 1.82) is 0 Å². The first-order valence-corrected chi connectivity index (χ1v) is 7.17. The zero-order valence-corrected chi connectivity index (χ0v) is 11.6. The molecule has 4 rings (SSSR count). The average molecular weight is 276 g/mol. The molecule has 1 aliphatic rings. The highest BCUT2D eigenvalue weighted by atomic mass is 16.5. The summed E-state index contributed by atoms with van der Waals surface area (Å²) in [4.78, 5) is 4.35. The third-order valence-corrected chi connectivity index (χ3v) is 4.10. The van der Waals surface area contributed by atoms with E-state index in [9.17, 15) is 0 Å². The molecule has 21 heavy (non-hydrogen) atoms. The largest absolute Gasteiger partial charge is 0.485 e. The van der Waals surface area contributed by atoms with E-state index in [4.69, 9.17) is 10.5 Å². The monoisotopic (exact) mass is 276 g/mol. The number of aromatic nitrogens is 1. The fourth-order valence-electron chi connectivity index (χ4n) is 3.04. The zero-order chi connectivity index (χ0) is 14.2. The van der Waals surface area contributed by atoms with Crippen LogP contribution in [0.25, 0.3) is 10.8 Å². The van der Waals surface area contributed by atoms with E-state index in [1.165, 1.54) is 5.39 Å². The van der Waals surface area contributed by atoms with Gasteiger partial charge in [-0.2, -0.15) is 0 Å². The van der Waals surface area contributed by atoms with Gasteiger partial charge in [0.2, 0.25) is 0 Å². The van der Waals surface area contributed by atoms with Gasteiger partial charge in [0.05, 0.1) is 0 Å². The summed E-state index contributed by atoms with van der Waals surface area (Å²) >= 11 is 0. The quantitative estimate of drug-likeness (QED) is 0.736. The normalized spacial score (nSPS) is 20.8. The molecule has 0 spiro atoms. The standard InChI is InChI=1S/C18H16N2O/c19-16-9-18(21-17-8-4-3-7-14(16)17)15-11-20-10-12-5-1-2-6-13(12)15/h1-8,10-11,16,18H,9,19H2. The summed E-state index contributed by atoms with van der Waals surface area (Å²) in [7, 11) is 0. The van der Waals surface area contributed by atoms with E-state index >= 15 is 0 Å².